The molecular weight excluding hydrogens is 444 g/mol. The Labute approximate surface area is 203 Å². The smallest absolute Gasteiger partial charge is 0.407 e. The van der Waals surface area contributed by atoms with Crippen molar-refractivity contribution in [1.82, 2.24) is 5.32 Å². The standard InChI is InChI=1S/C28H26N2O5/c31-26(32)16-30(19-8-2-1-3-9-19)27(33)24-14-18(24)15-29-28(34)35-17-25-22-12-6-4-10-20(22)21-11-5-7-13-23(21)25/h1-13,18,24-25H,14-17H2,(H,29,34)(H,31,32)/t18-,24-/m1/s1. The number of hydrogen-bond acceptors (Lipinski definition) is 4. The van der Waals surface area contributed by atoms with Crippen LogP contribution in [0, 0.1) is 11.8 Å². The lowest BCUT2D eigenvalue weighted by molar-refractivity contribution is -0.136. The fraction of sp³-hybridized carbons (Fsp3) is 0.250. The molecule has 2 aliphatic rings. The van der Waals surface area contributed by atoms with Crippen molar-refractivity contribution in [3.05, 3.63) is 90.0 Å². The van der Waals surface area contributed by atoms with Crippen LogP contribution in [-0.4, -0.2) is 42.8 Å². The Balaban J connectivity index is 1.14. The van der Waals surface area contributed by atoms with E-state index >= 15 is 0 Å². The van der Waals surface area contributed by atoms with Crippen LogP contribution >= 0.6 is 0 Å². The van der Waals surface area contributed by atoms with Gasteiger partial charge in [0.05, 0.1) is 0 Å². The highest BCUT2D eigenvalue weighted by Gasteiger charge is 2.45. The topological polar surface area (TPSA) is 95.9 Å². The molecule has 0 aliphatic heterocycles. The largest absolute Gasteiger partial charge is 0.480 e. The average Bonchev–Trinajstić information content (AvgIpc) is 3.59. The van der Waals surface area contributed by atoms with E-state index in [1.54, 1.807) is 24.3 Å². The average molecular weight is 471 g/mol. The summed E-state index contributed by atoms with van der Waals surface area (Å²) in [5, 5.41) is 12.0. The van der Waals surface area contributed by atoms with E-state index in [4.69, 9.17) is 4.74 Å². The summed E-state index contributed by atoms with van der Waals surface area (Å²) in [5.74, 6) is -1.68. The van der Waals surface area contributed by atoms with Crippen molar-refractivity contribution >= 4 is 23.7 Å². The number of aliphatic carboxylic acids is 1. The molecule has 1 fully saturated rings. The SMILES string of the molecule is O=C(O)CN(C(=O)[C@@H]1C[C@@H]1CNC(=O)OCC1c2ccccc2-c2ccccc21)c1ccccc1. The number of benzene rings is 3. The van der Waals surface area contributed by atoms with E-state index in [1.165, 1.54) is 16.0 Å². The summed E-state index contributed by atoms with van der Waals surface area (Å²) in [5.41, 5.74) is 5.18. The number of carboxylic acids is 1. The number of carboxylic acid groups (broad SMARTS) is 1. The number of ether oxygens (including phenoxy) is 1. The summed E-state index contributed by atoms with van der Waals surface area (Å²) in [7, 11) is 0. The van der Waals surface area contributed by atoms with Gasteiger partial charge in [0.1, 0.15) is 13.2 Å². The van der Waals surface area contributed by atoms with Crippen molar-refractivity contribution in [2.24, 2.45) is 11.8 Å². The van der Waals surface area contributed by atoms with Crippen LogP contribution in [0.15, 0.2) is 78.9 Å². The Morgan fingerprint density at radius 1 is 0.886 bits per heavy atom. The summed E-state index contributed by atoms with van der Waals surface area (Å²) in [4.78, 5) is 38.0. The van der Waals surface area contributed by atoms with Crippen LogP contribution in [0.2, 0.25) is 0 Å². The Kier molecular flexibility index (Phi) is 6.23. The van der Waals surface area contributed by atoms with Crippen molar-refractivity contribution in [3.63, 3.8) is 0 Å². The molecule has 178 valence electrons. The van der Waals surface area contributed by atoms with Crippen LogP contribution in [0.25, 0.3) is 11.1 Å². The van der Waals surface area contributed by atoms with Gasteiger partial charge >= 0.3 is 12.1 Å². The highest BCUT2D eigenvalue weighted by atomic mass is 16.5. The first-order valence-electron chi connectivity index (χ1n) is 11.7. The number of rotatable bonds is 8. The first-order chi connectivity index (χ1) is 17.0. The number of carbonyl (C=O) groups is 3. The number of anilines is 1. The zero-order valence-corrected chi connectivity index (χ0v) is 19.1. The van der Waals surface area contributed by atoms with E-state index in [0.29, 0.717) is 18.7 Å². The summed E-state index contributed by atoms with van der Waals surface area (Å²) in [6.45, 7) is 0.141. The molecule has 7 heteroatoms. The summed E-state index contributed by atoms with van der Waals surface area (Å²) in [6, 6.07) is 25.1. The molecule has 2 aliphatic carbocycles. The van der Waals surface area contributed by atoms with Gasteiger partial charge in [-0.25, -0.2) is 4.79 Å². The van der Waals surface area contributed by atoms with Gasteiger partial charge in [-0.15, -0.1) is 0 Å². The predicted octanol–water partition coefficient (Wildman–Crippen LogP) is 4.28. The third-order valence-corrected chi connectivity index (χ3v) is 6.72. The van der Waals surface area contributed by atoms with Crippen LogP contribution in [-0.2, 0) is 14.3 Å². The van der Waals surface area contributed by atoms with Gasteiger partial charge < -0.3 is 20.1 Å². The lowest BCUT2D eigenvalue weighted by Crippen LogP contribution is -2.37. The highest BCUT2D eigenvalue weighted by molar-refractivity contribution is 6.00. The number of para-hydroxylation sites is 1. The zero-order chi connectivity index (χ0) is 24.4. The number of amides is 2. The van der Waals surface area contributed by atoms with Crippen LogP contribution in [0.5, 0.6) is 0 Å². The minimum Gasteiger partial charge on any atom is -0.480 e. The van der Waals surface area contributed by atoms with E-state index in [0.717, 1.165) is 11.1 Å². The summed E-state index contributed by atoms with van der Waals surface area (Å²) < 4.78 is 5.56. The van der Waals surface area contributed by atoms with E-state index in [2.05, 4.69) is 29.6 Å². The van der Waals surface area contributed by atoms with Crippen molar-refractivity contribution < 1.29 is 24.2 Å². The monoisotopic (exact) mass is 470 g/mol. The van der Waals surface area contributed by atoms with Gasteiger partial charge in [-0.05, 0) is 46.7 Å². The Hall–Kier alpha value is -4.13. The molecule has 1 saturated carbocycles. The van der Waals surface area contributed by atoms with Crippen molar-refractivity contribution in [1.29, 1.82) is 0 Å². The minimum absolute atomic E-state index is 0.0150. The molecule has 0 spiro atoms. The number of nitrogens with zero attached hydrogens (tertiary/aromatic N) is 1. The molecule has 0 unspecified atom stereocenters. The van der Waals surface area contributed by atoms with Crippen molar-refractivity contribution in [3.8, 4) is 11.1 Å². The van der Waals surface area contributed by atoms with Crippen LogP contribution < -0.4 is 10.2 Å². The van der Waals surface area contributed by atoms with Crippen LogP contribution in [0.4, 0.5) is 10.5 Å². The number of fused-ring (bicyclic) bond motifs is 3. The quantitative estimate of drug-likeness (QED) is 0.512. The van der Waals surface area contributed by atoms with Gasteiger partial charge in [0.15, 0.2) is 0 Å². The normalized spacial score (nSPS) is 17.7. The molecular formula is C28H26N2O5. The molecule has 2 N–H and O–H groups in total. The third-order valence-electron chi connectivity index (χ3n) is 6.72. The number of hydrogen-bond donors (Lipinski definition) is 2. The van der Waals surface area contributed by atoms with Gasteiger partial charge in [0.2, 0.25) is 5.91 Å². The third kappa shape index (κ3) is 4.75. The van der Waals surface area contributed by atoms with Gasteiger partial charge in [-0.3, -0.25) is 9.59 Å². The molecule has 0 heterocycles. The molecule has 35 heavy (non-hydrogen) atoms. The first kappa shape index (κ1) is 22.7. The number of nitrogens with one attached hydrogen (secondary N) is 1. The second kappa shape index (κ2) is 9.62. The second-order valence-electron chi connectivity index (χ2n) is 8.96. The second-order valence-corrected chi connectivity index (χ2v) is 8.96. The number of alkyl carbamates (subject to hydrolysis) is 1. The highest BCUT2D eigenvalue weighted by Crippen LogP contribution is 2.44. The Morgan fingerprint density at radius 3 is 2.11 bits per heavy atom. The minimum atomic E-state index is -1.07. The molecule has 7 nitrogen and oxygen atoms in total. The lowest BCUT2D eigenvalue weighted by Gasteiger charge is -2.21. The van der Waals surface area contributed by atoms with Gasteiger partial charge in [-0.1, -0.05) is 66.7 Å². The Bertz CT molecular complexity index is 1210. The maximum atomic E-state index is 12.9. The summed E-state index contributed by atoms with van der Waals surface area (Å²) in [6.07, 6.45) is 0.0845. The first-order valence-corrected chi connectivity index (χ1v) is 11.7. The molecule has 0 radical (unpaired) electrons. The van der Waals surface area contributed by atoms with E-state index in [1.807, 2.05) is 30.3 Å². The molecule has 2 amide bonds. The predicted molar refractivity (Wildman–Crippen MR) is 131 cm³/mol. The maximum Gasteiger partial charge on any atom is 0.407 e. The lowest BCUT2D eigenvalue weighted by atomic mass is 9.98. The van der Waals surface area contributed by atoms with Gasteiger partial charge in [-0.2, -0.15) is 0 Å². The van der Waals surface area contributed by atoms with E-state index < -0.39 is 18.6 Å². The number of carbonyl (C=O) groups excluding carboxylic acids is 2. The summed E-state index contributed by atoms with van der Waals surface area (Å²) >= 11 is 0. The van der Waals surface area contributed by atoms with Crippen molar-refractivity contribution in [2.75, 3.05) is 24.6 Å². The zero-order valence-electron chi connectivity index (χ0n) is 19.1. The molecule has 2 atom stereocenters. The molecule has 3 aromatic carbocycles. The Morgan fingerprint density at radius 2 is 1.49 bits per heavy atom. The molecule has 0 bridgehead atoms. The molecule has 5 rings (SSSR count). The molecule has 3 aromatic rings. The molecule has 0 saturated heterocycles. The fourth-order valence-corrected chi connectivity index (χ4v) is 4.88. The van der Waals surface area contributed by atoms with Gasteiger partial charge in [0.25, 0.3) is 0 Å². The maximum absolute atomic E-state index is 12.9. The van der Waals surface area contributed by atoms with Crippen LogP contribution in [0.3, 0.4) is 0 Å². The molecule has 0 aromatic heterocycles. The van der Waals surface area contributed by atoms with Gasteiger partial charge in [0, 0.05) is 24.1 Å². The van der Waals surface area contributed by atoms with Crippen molar-refractivity contribution in [2.45, 2.75) is 12.3 Å². The van der Waals surface area contributed by atoms with Crippen LogP contribution in [0.1, 0.15) is 23.5 Å². The van der Waals surface area contributed by atoms with E-state index in [9.17, 15) is 19.5 Å². The fourth-order valence-electron chi connectivity index (χ4n) is 4.88. The van der Waals surface area contributed by atoms with E-state index in [-0.39, 0.29) is 30.3 Å².